The standard InChI is InChI=1S/C11H18N4S/c1-4-7(2)5-8(3)14-11-9(6-12)10(13)15-16-11/h7-8,14H,4-5H2,1-3H3,(H2,13,15). The molecule has 0 spiro atoms. The fourth-order valence-electron chi connectivity index (χ4n) is 1.56. The minimum absolute atomic E-state index is 0.325. The molecule has 2 atom stereocenters. The zero-order valence-electron chi connectivity index (χ0n) is 9.95. The molecule has 0 aliphatic carbocycles. The predicted molar refractivity (Wildman–Crippen MR) is 68.4 cm³/mol. The van der Waals surface area contributed by atoms with Crippen LogP contribution in [0.15, 0.2) is 0 Å². The van der Waals surface area contributed by atoms with E-state index in [0.717, 1.165) is 11.4 Å². The Kier molecular flexibility index (Phi) is 4.56. The van der Waals surface area contributed by atoms with E-state index in [4.69, 9.17) is 11.0 Å². The van der Waals surface area contributed by atoms with Crippen molar-refractivity contribution in [3.8, 4) is 6.07 Å². The zero-order chi connectivity index (χ0) is 12.1. The van der Waals surface area contributed by atoms with Crippen molar-refractivity contribution in [3.63, 3.8) is 0 Å². The summed E-state index contributed by atoms with van der Waals surface area (Å²) in [5.41, 5.74) is 6.06. The normalized spacial score (nSPS) is 14.1. The topological polar surface area (TPSA) is 74.7 Å². The lowest BCUT2D eigenvalue weighted by atomic mass is 10.0. The number of nitrogens with two attached hydrogens (primary N) is 1. The van der Waals surface area contributed by atoms with Gasteiger partial charge < -0.3 is 11.1 Å². The summed E-state index contributed by atoms with van der Waals surface area (Å²) in [6.45, 7) is 6.52. The third kappa shape index (κ3) is 3.11. The van der Waals surface area contributed by atoms with Gasteiger partial charge in [-0.15, -0.1) is 0 Å². The van der Waals surface area contributed by atoms with Crippen molar-refractivity contribution in [2.75, 3.05) is 11.1 Å². The lowest BCUT2D eigenvalue weighted by Crippen LogP contribution is -2.18. The Balaban J connectivity index is 2.63. The minimum Gasteiger partial charge on any atom is -0.382 e. The van der Waals surface area contributed by atoms with Gasteiger partial charge in [0.2, 0.25) is 0 Å². The molecule has 1 heterocycles. The van der Waals surface area contributed by atoms with Gasteiger partial charge in [0.05, 0.1) is 0 Å². The van der Waals surface area contributed by atoms with Gasteiger partial charge in [-0.25, -0.2) is 0 Å². The smallest absolute Gasteiger partial charge is 0.157 e. The molecular formula is C11H18N4S. The summed E-state index contributed by atoms with van der Waals surface area (Å²) in [6, 6.07) is 2.41. The second-order valence-electron chi connectivity index (χ2n) is 4.18. The van der Waals surface area contributed by atoms with E-state index in [9.17, 15) is 0 Å². The molecule has 0 aromatic carbocycles. The first-order valence-electron chi connectivity index (χ1n) is 5.50. The first kappa shape index (κ1) is 12.8. The maximum absolute atomic E-state index is 8.93. The number of hydrogen-bond acceptors (Lipinski definition) is 5. The third-order valence-electron chi connectivity index (χ3n) is 2.66. The van der Waals surface area contributed by atoms with Crippen LogP contribution in [0.25, 0.3) is 0 Å². The van der Waals surface area contributed by atoms with Crippen molar-refractivity contribution in [3.05, 3.63) is 5.56 Å². The quantitative estimate of drug-likeness (QED) is 0.827. The van der Waals surface area contributed by atoms with Crippen LogP contribution in [0, 0.1) is 17.2 Å². The van der Waals surface area contributed by atoms with Gasteiger partial charge in [-0.1, -0.05) is 20.3 Å². The van der Waals surface area contributed by atoms with E-state index in [1.54, 1.807) is 0 Å². The molecule has 2 unspecified atom stereocenters. The minimum atomic E-state index is 0.325. The van der Waals surface area contributed by atoms with Gasteiger partial charge >= 0.3 is 0 Å². The van der Waals surface area contributed by atoms with E-state index in [1.807, 2.05) is 0 Å². The number of nitriles is 1. The van der Waals surface area contributed by atoms with Crippen molar-refractivity contribution >= 4 is 22.4 Å². The molecule has 0 radical (unpaired) electrons. The molecule has 16 heavy (non-hydrogen) atoms. The average molecular weight is 238 g/mol. The maximum atomic E-state index is 8.93. The Bertz CT molecular complexity index is 380. The summed E-state index contributed by atoms with van der Waals surface area (Å²) < 4.78 is 3.97. The van der Waals surface area contributed by atoms with Crippen LogP contribution < -0.4 is 11.1 Å². The molecule has 0 saturated carbocycles. The SMILES string of the molecule is CCC(C)CC(C)Nc1snc(N)c1C#N. The molecular weight excluding hydrogens is 220 g/mol. The van der Waals surface area contributed by atoms with Crippen LogP contribution in [-0.4, -0.2) is 10.4 Å². The molecule has 0 aliphatic heterocycles. The van der Waals surface area contributed by atoms with Gasteiger partial charge in [-0.05, 0) is 30.8 Å². The summed E-state index contributed by atoms with van der Waals surface area (Å²) in [4.78, 5) is 0. The highest BCUT2D eigenvalue weighted by atomic mass is 32.1. The van der Waals surface area contributed by atoms with Gasteiger partial charge in [0.25, 0.3) is 0 Å². The molecule has 3 N–H and O–H groups in total. The summed E-state index contributed by atoms with van der Waals surface area (Å²) in [7, 11) is 0. The molecule has 4 nitrogen and oxygen atoms in total. The van der Waals surface area contributed by atoms with Gasteiger partial charge in [-0.2, -0.15) is 9.64 Å². The Hall–Kier alpha value is -1.28. The number of aromatic nitrogens is 1. The second-order valence-corrected chi connectivity index (χ2v) is 4.95. The Labute approximate surface area is 101 Å². The van der Waals surface area contributed by atoms with Crippen molar-refractivity contribution in [1.29, 1.82) is 5.26 Å². The molecule has 0 amide bonds. The van der Waals surface area contributed by atoms with Crippen LogP contribution in [-0.2, 0) is 0 Å². The van der Waals surface area contributed by atoms with Crippen LogP contribution in [0.5, 0.6) is 0 Å². The highest BCUT2D eigenvalue weighted by Crippen LogP contribution is 2.27. The molecule has 88 valence electrons. The Morgan fingerprint density at radius 3 is 2.81 bits per heavy atom. The number of anilines is 2. The van der Waals surface area contributed by atoms with E-state index < -0.39 is 0 Å². The fourth-order valence-corrected chi connectivity index (χ4v) is 2.34. The van der Waals surface area contributed by atoms with Crippen molar-refractivity contribution in [1.82, 2.24) is 4.37 Å². The predicted octanol–water partition coefficient (Wildman–Crippen LogP) is 2.83. The lowest BCUT2D eigenvalue weighted by Gasteiger charge is -2.17. The first-order valence-corrected chi connectivity index (χ1v) is 6.27. The first-order chi connectivity index (χ1) is 7.58. The average Bonchev–Trinajstić information content (AvgIpc) is 2.58. The van der Waals surface area contributed by atoms with Crippen molar-refractivity contribution in [2.45, 2.75) is 39.7 Å². The molecule has 0 aliphatic rings. The summed E-state index contributed by atoms with van der Waals surface area (Å²) in [6.07, 6.45) is 2.25. The molecule has 1 rings (SSSR count). The van der Waals surface area contributed by atoms with E-state index in [-0.39, 0.29) is 0 Å². The fraction of sp³-hybridized carbons (Fsp3) is 0.636. The molecule has 1 aromatic heterocycles. The van der Waals surface area contributed by atoms with Gasteiger partial charge in [-0.3, -0.25) is 0 Å². The number of nitrogens with zero attached hydrogens (tertiary/aromatic N) is 2. The number of hydrogen-bond donors (Lipinski definition) is 2. The second kappa shape index (κ2) is 5.71. The number of nitrogens with one attached hydrogen (secondary N) is 1. The van der Waals surface area contributed by atoms with Crippen molar-refractivity contribution in [2.24, 2.45) is 5.92 Å². The molecule has 0 fully saturated rings. The number of rotatable bonds is 5. The molecule has 5 heteroatoms. The monoisotopic (exact) mass is 238 g/mol. The summed E-state index contributed by atoms with van der Waals surface area (Å²) in [5, 5.41) is 13.0. The molecule has 0 bridgehead atoms. The van der Waals surface area contributed by atoms with E-state index >= 15 is 0 Å². The van der Waals surface area contributed by atoms with Crippen molar-refractivity contribution < 1.29 is 0 Å². The maximum Gasteiger partial charge on any atom is 0.157 e. The summed E-state index contributed by atoms with van der Waals surface area (Å²) in [5.74, 6) is 1.00. The number of nitrogen functional groups attached to an aromatic ring is 1. The van der Waals surface area contributed by atoms with E-state index in [2.05, 4.69) is 36.5 Å². The highest BCUT2D eigenvalue weighted by molar-refractivity contribution is 7.10. The zero-order valence-corrected chi connectivity index (χ0v) is 10.8. The van der Waals surface area contributed by atoms with Crippen LogP contribution in [0.1, 0.15) is 39.2 Å². The highest BCUT2D eigenvalue weighted by Gasteiger charge is 2.14. The van der Waals surface area contributed by atoms with Crippen LogP contribution in [0.4, 0.5) is 10.8 Å². The lowest BCUT2D eigenvalue weighted by molar-refractivity contribution is 0.484. The van der Waals surface area contributed by atoms with Crippen LogP contribution in [0.2, 0.25) is 0 Å². The van der Waals surface area contributed by atoms with E-state index in [0.29, 0.717) is 23.3 Å². The van der Waals surface area contributed by atoms with E-state index in [1.165, 1.54) is 18.0 Å². The van der Waals surface area contributed by atoms with Crippen LogP contribution >= 0.6 is 11.5 Å². The van der Waals surface area contributed by atoms with Gasteiger partial charge in [0.1, 0.15) is 16.6 Å². The summed E-state index contributed by atoms with van der Waals surface area (Å²) >= 11 is 1.26. The largest absolute Gasteiger partial charge is 0.382 e. The van der Waals surface area contributed by atoms with Gasteiger partial charge in [0.15, 0.2) is 5.82 Å². The Morgan fingerprint density at radius 2 is 2.25 bits per heavy atom. The van der Waals surface area contributed by atoms with Gasteiger partial charge in [0, 0.05) is 6.04 Å². The molecule has 0 saturated heterocycles. The van der Waals surface area contributed by atoms with Crippen LogP contribution in [0.3, 0.4) is 0 Å². The third-order valence-corrected chi connectivity index (χ3v) is 3.45. The molecule has 1 aromatic rings. The Morgan fingerprint density at radius 1 is 1.56 bits per heavy atom.